The third-order valence-corrected chi connectivity index (χ3v) is 5.79. The van der Waals surface area contributed by atoms with Crippen LogP contribution in [0.15, 0.2) is 29.3 Å². The fraction of sp³-hybridized carbons (Fsp3) is 0.588. The molecule has 1 aromatic rings. The average molecular weight is 337 g/mol. The van der Waals surface area contributed by atoms with E-state index in [2.05, 4.69) is 46.8 Å². The Bertz CT molecular complexity index is 624. The van der Waals surface area contributed by atoms with Gasteiger partial charge in [0.15, 0.2) is 15.8 Å². The topological polar surface area (TPSA) is 70.6 Å². The van der Waals surface area contributed by atoms with Gasteiger partial charge in [0.25, 0.3) is 0 Å². The Hall–Kier alpha value is -1.56. The second-order valence-electron chi connectivity index (χ2n) is 5.93. The van der Waals surface area contributed by atoms with Crippen molar-refractivity contribution in [3.05, 3.63) is 35.4 Å². The number of hydrogen-bond acceptors (Lipinski definition) is 3. The molecule has 0 radical (unpaired) electrons. The summed E-state index contributed by atoms with van der Waals surface area (Å²) in [6.07, 6.45) is 2.59. The summed E-state index contributed by atoms with van der Waals surface area (Å²) in [5, 5.41) is 6.42. The lowest BCUT2D eigenvalue weighted by Gasteiger charge is -2.15. The minimum absolute atomic E-state index is 0.0263. The number of hydrogen-bond donors (Lipinski definition) is 2. The summed E-state index contributed by atoms with van der Waals surface area (Å²) in [4.78, 5) is 4.56. The number of benzene rings is 1. The Labute approximate surface area is 139 Å². The predicted molar refractivity (Wildman–Crippen MR) is 95.7 cm³/mol. The molecule has 1 aliphatic heterocycles. The smallest absolute Gasteiger partial charge is 0.191 e. The zero-order valence-corrected chi connectivity index (χ0v) is 14.8. The highest BCUT2D eigenvalue weighted by atomic mass is 32.2. The standard InChI is InChI=1S/C17H27N3O2S/c1-3-14-5-7-15(8-6-14)9-11-19-17(18-4-2)20-16-10-12-23(21,22)13-16/h5-8,16H,3-4,9-13H2,1-2H3,(H2,18,19,20). The van der Waals surface area contributed by atoms with E-state index in [4.69, 9.17) is 0 Å². The quantitative estimate of drug-likeness (QED) is 0.610. The third kappa shape index (κ3) is 5.86. The Balaban J connectivity index is 1.87. The molecule has 1 saturated heterocycles. The number of aliphatic imine (C=N–C) groups is 1. The van der Waals surface area contributed by atoms with E-state index in [0.717, 1.165) is 19.4 Å². The van der Waals surface area contributed by atoms with Crippen LogP contribution in [0.4, 0.5) is 0 Å². The summed E-state index contributed by atoms with van der Waals surface area (Å²) in [7, 11) is -2.87. The first-order valence-electron chi connectivity index (χ1n) is 8.35. The van der Waals surface area contributed by atoms with Gasteiger partial charge in [0.2, 0.25) is 0 Å². The van der Waals surface area contributed by atoms with Crippen molar-refractivity contribution in [2.45, 2.75) is 39.2 Å². The number of nitrogens with zero attached hydrogens (tertiary/aromatic N) is 1. The second kappa shape index (κ2) is 8.34. The Morgan fingerprint density at radius 2 is 1.91 bits per heavy atom. The van der Waals surface area contributed by atoms with E-state index >= 15 is 0 Å². The van der Waals surface area contributed by atoms with Gasteiger partial charge in [-0.25, -0.2) is 8.42 Å². The second-order valence-corrected chi connectivity index (χ2v) is 8.15. The first-order valence-corrected chi connectivity index (χ1v) is 10.2. The molecule has 2 rings (SSSR count). The SMILES string of the molecule is CCNC(=NCCc1ccc(CC)cc1)NC1CCS(=O)(=O)C1. The van der Waals surface area contributed by atoms with Crippen LogP contribution < -0.4 is 10.6 Å². The van der Waals surface area contributed by atoms with Crippen LogP contribution in [-0.2, 0) is 22.7 Å². The number of rotatable bonds is 6. The zero-order valence-electron chi connectivity index (χ0n) is 14.0. The van der Waals surface area contributed by atoms with Gasteiger partial charge in [-0.3, -0.25) is 4.99 Å². The maximum Gasteiger partial charge on any atom is 0.191 e. The molecule has 0 aromatic heterocycles. The van der Waals surface area contributed by atoms with E-state index in [1.54, 1.807) is 0 Å². The molecule has 6 heteroatoms. The van der Waals surface area contributed by atoms with Gasteiger partial charge in [-0.05, 0) is 37.3 Å². The molecule has 23 heavy (non-hydrogen) atoms. The van der Waals surface area contributed by atoms with E-state index in [1.807, 2.05) is 6.92 Å². The van der Waals surface area contributed by atoms with Gasteiger partial charge < -0.3 is 10.6 Å². The minimum atomic E-state index is -2.87. The van der Waals surface area contributed by atoms with E-state index in [0.29, 0.717) is 18.9 Å². The van der Waals surface area contributed by atoms with E-state index in [9.17, 15) is 8.42 Å². The average Bonchev–Trinajstić information content (AvgIpc) is 2.87. The third-order valence-electron chi connectivity index (χ3n) is 4.02. The molecule has 1 heterocycles. The van der Waals surface area contributed by atoms with Crippen molar-refractivity contribution in [1.29, 1.82) is 0 Å². The van der Waals surface area contributed by atoms with Crippen LogP contribution in [0, 0.1) is 0 Å². The van der Waals surface area contributed by atoms with E-state index in [1.165, 1.54) is 11.1 Å². The summed E-state index contributed by atoms with van der Waals surface area (Å²) in [6.45, 7) is 5.60. The molecule has 0 saturated carbocycles. The number of guanidine groups is 1. The van der Waals surface area contributed by atoms with Gasteiger partial charge >= 0.3 is 0 Å². The highest BCUT2D eigenvalue weighted by molar-refractivity contribution is 7.91. The van der Waals surface area contributed by atoms with Crippen LogP contribution in [0.5, 0.6) is 0 Å². The monoisotopic (exact) mass is 337 g/mol. The van der Waals surface area contributed by atoms with Gasteiger partial charge in [0, 0.05) is 19.1 Å². The summed E-state index contributed by atoms with van der Waals surface area (Å²) >= 11 is 0. The van der Waals surface area contributed by atoms with Crippen molar-refractivity contribution >= 4 is 15.8 Å². The predicted octanol–water partition coefficient (Wildman–Crippen LogP) is 1.53. The van der Waals surface area contributed by atoms with Crippen molar-refractivity contribution in [3.8, 4) is 0 Å². The summed E-state index contributed by atoms with van der Waals surface area (Å²) in [5.41, 5.74) is 2.61. The summed E-state index contributed by atoms with van der Waals surface area (Å²) in [6, 6.07) is 8.59. The molecule has 1 aromatic carbocycles. The van der Waals surface area contributed by atoms with Crippen molar-refractivity contribution in [3.63, 3.8) is 0 Å². The first kappa shape index (κ1) is 17.8. The zero-order chi connectivity index (χ0) is 16.7. The molecular formula is C17H27N3O2S. The molecule has 0 aliphatic carbocycles. The van der Waals surface area contributed by atoms with Gasteiger partial charge in [-0.15, -0.1) is 0 Å². The maximum atomic E-state index is 11.5. The molecule has 0 spiro atoms. The Kier molecular flexibility index (Phi) is 6.45. The van der Waals surface area contributed by atoms with Crippen molar-refractivity contribution in [2.75, 3.05) is 24.6 Å². The van der Waals surface area contributed by atoms with Crippen molar-refractivity contribution in [1.82, 2.24) is 10.6 Å². The molecule has 0 amide bonds. The summed E-state index contributed by atoms with van der Waals surface area (Å²) in [5.74, 6) is 1.18. The van der Waals surface area contributed by atoms with Crippen molar-refractivity contribution < 1.29 is 8.42 Å². The van der Waals surface area contributed by atoms with Crippen LogP contribution in [0.1, 0.15) is 31.4 Å². The van der Waals surface area contributed by atoms with Crippen LogP contribution in [0.3, 0.4) is 0 Å². The van der Waals surface area contributed by atoms with Crippen LogP contribution in [0.2, 0.25) is 0 Å². The van der Waals surface area contributed by atoms with Crippen LogP contribution in [0.25, 0.3) is 0 Å². The molecule has 1 aliphatic rings. The number of nitrogens with one attached hydrogen (secondary N) is 2. The lowest BCUT2D eigenvalue weighted by Crippen LogP contribution is -2.44. The lowest BCUT2D eigenvalue weighted by atomic mass is 10.1. The van der Waals surface area contributed by atoms with E-state index in [-0.39, 0.29) is 17.5 Å². The highest BCUT2D eigenvalue weighted by Crippen LogP contribution is 2.11. The van der Waals surface area contributed by atoms with Gasteiger partial charge in [0.05, 0.1) is 11.5 Å². The number of aryl methyl sites for hydroxylation is 1. The first-order chi connectivity index (χ1) is 11.0. The van der Waals surface area contributed by atoms with Gasteiger partial charge in [-0.2, -0.15) is 0 Å². The maximum absolute atomic E-state index is 11.5. The molecule has 0 bridgehead atoms. The van der Waals surface area contributed by atoms with Crippen LogP contribution >= 0.6 is 0 Å². The Morgan fingerprint density at radius 1 is 1.22 bits per heavy atom. The Morgan fingerprint density at radius 3 is 2.48 bits per heavy atom. The molecule has 1 fully saturated rings. The molecule has 1 unspecified atom stereocenters. The molecule has 128 valence electrons. The fourth-order valence-corrected chi connectivity index (χ4v) is 4.33. The van der Waals surface area contributed by atoms with Crippen LogP contribution in [-0.4, -0.2) is 45.0 Å². The lowest BCUT2D eigenvalue weighted by molar-refractivity contribution is 0.599. The molecule has 1 atom stereocenters. The number of sulfone groups is 1. The highest BCUT2D eigenvalue weighted by Gasteiger charge is 2.28. The molecular weight excluding hydrogens is 310 g/mol. The molecule has 5 nitrogen and oxygen atoms in total. The van der Waals surface area contributed by atoms with Gasteiger partial charge in [0.1, 0.15) is 0 Å². The van der Waals surface area contributed by atoms with Crippen molar-refractivity contribution in [2.24, 2.45) is 4.99 Å². The fourth-order valence-electron chi connectivity index (χ4n) is 2.66. The van der Waals surface area contributed by atoms with Gasteiger partial charge in [-0.1, -0.05) is 31.2 Å². The minimum Gasteiger partial charge on any atom is -0.357 e. The normalized spacial score (nSPS) is 20.4. The summed E-state index contributed by atoms with van der Waals surface area (Å²) < 4.78 is 23.1. The van der Waals surface area contributed by atoms with E-state index < -0.39 is 9.84 Å². The largest absolute Gasteiger partial charge is 0.357 e. The molecule has 2 N–H and O–H groups in total.